The predicted molar refractivity (Wildman–Crippen MR) is 110 cm³/mol. The number of carbonyl (C=O) groups is 2. The van der Waals surface area contributed by atoms with Gasteiger partial charge in [0.05, 0.1) is 13.4 Å². The summed E-state index contributed by atoms with van der Waals surface area (Å²) < 4.78 is 10.2. The SMILES string of the molecule is COc1ccc(CN(C)C(=O)NCc2ccc(NC(=O)c3ccco3)cc2)cc1. The Morgan fingerprint density at radius 3 is 2.31 bits per heavy atom. The molecule has 29 heavy (non-hydrogen) atoms. The van der Waals surface area contributed by atoms with Gasteiger partial charge in [0.15, 0.2) is 5.76 Å². The molecule has 0 radical (unpaired) electrons. The Labute approximate surface area is 169 Å². The first-order valence-electron chi connectivity index (χ1n) is 9.11. The second kappa shape index (κ2) is 9.45. The third kappa shape index (κ3) is 5.62. The lowest BCUT2D eigenvalue weighted by molar-refractivity contribution is 0.0996. The molecule has 0 unspecified atom stereocenters. The minimum atomic E-state index is -0.309. The molecule has 0 fully saturated rings. The number of furan rings is 1. The molecule has 0 saturated heterocycles. The van der Waals surface area contributed by atoms with Crippen molar-refractivity contribution >= 4 is 17.6 Å². The molecule has 0 aliphatic heterocycles. The van der Waals surface area contributed by atoms with E-state index >= 15 is 0 Å². The summed E-state index contributed by atoms with van der Waals surface area (Å²) in [5.74, 6) is 0.724. The number of hydrogen-bond acceptors (Lipinski definition) is 4. The molecule has 2 aromatic carbocycles. The van der Waals surface area contributed by atoms with Crippen LogP contribution in [0.5, 0.6) is 5.75 Å². The van der Waals surface area contributed by atoms with Crippen molar-refractivity contribution in [3.63, 3.8) is 0 Å². The highest BCUT2D eigenvalue weighted by molar-refractivity contribution is 6.02. The van der Waals surface area contributed by atoms with Crippen LogP contribution in [0.2, 0.25) is 0 Å². The predicted octanol–water partition coefficient (Wildman–Crippen LogP) is 3.88. The molecule has 0 bridgehead atoms. The lowest BCUT2D eigenvalue weighted by Gasteiger charge is -2.18. The highest BCUT2D eigenvalue weighted by atomic mass is 16.5. The van der Waals surface area contributed by atoms with Gasteiger partial charge in [0.1, 0.15) is 5.75 Å². The van der Waals surface area contributed by atoms with Gasteiger partial charge in [-0.2, -0.15) is 0 Å². The van der Waals surface area contributed by atoms with E-state index in [0.717, 1.165) is 16.9 Å². The van der Waals surface area contributed by atoms with Gasteiger partial charge in [0, 0.05) is 25.8 Å². The summed E-state index contributed by atoms with van der Waals surface area (Å²) in [6.07, 6.45) is 1.45. The molecule has 1 aromatic heterocycles. The summed E-state index contributed by atoms with van der Waals surface area (Å²) in [7, 11) is 3.36. The third-order valence-electron chi connectivity index (χ3n) is 4.33. The number of benzene rings is 2. The molecule has 3 aromatic rings. The molecule has 0 aliphatic carbocycles. The van der Waals surface area contributed by atoms with Crippen molar-refractivity contribution in [1.82, 2.24) is 10.2 Å². The summed E-state index contributed by atoms with van der Waals surface area (Å²) in [6.45, 7) is 0.881. The highest BCUT2D eigenvalue weighted by Crippen LogP contribution is 2.14. The molecular formula is C22H23N3O4. The third-order valence-corrected chi connectivity index (χ3v) is 4.33. The topological polar surface area (TPSA) is 83.8 Å². The molecule has 3 rings (SSSR count). The zero-order valence-electron chi connectivity index (χ0n) is 16.3. The second-order valence-electron chi connectivity index (χ2n) is 6.49. The fraction of sp³-hybridized carbons (Fsp3) is 0.182. The number of nitrogens with zero attached hydrogens (tertiary/aromatic N) is 1. The van der Waals surface area contributed by atoms with E-state index in [1.165, 1.54) is 6.26 Å². The van der Waals surface area contributed by atoms with Gasteiger partial charge in [-0.1, -0.05) is 24.3 Å². The lowest BCUT2D eigenvalue weighted by Crippen LogP contribution is -2.36. The molecule has 0 atom stereocenters. The van der Waals surface area contributed by atoms with Crippen LogP contribution in [0.25, 0.3) is 0 Å². The summed E-state index contributed by atoms with van der Waals surface area (Å²) in [6, 6.07) is 17.9. The monoisotopic (exact) mass is 393 g/mol. The number of hydrogen-bond donors (Lipinski definition) is 2. The van der Waals surface area contributed by atoms with Crippen molar-refractivity contribution in [1.29, 1.82) is 0 Å². The van der Waals surface area contributed by atoms with Crippen molar-refractivity contribution < 1.29 is 18.7 Å². The first-order chi connectivity index (χ1) is 14.0. The normalized spacial score (nSPS) is 10.3. The number of nitrogens with one attached hydrogen (secondary N) is 2. The van der Waals surface area contributed by atoms with E-state index in [2.05, 4.69) is 10.6 Å². The van der Waals surface area contributed by atoms with E-state index in [-0.39, 0.29) is 17.7 Å². The fourth-order valence-corrected chi connectivity index (χ4v) is 2.70. The van der Waals surface area contributed by atoms with Crippen LogP contribution in [0.15, 0.2) is 71.3 Å². The van der Waals surface area contributed by atoms with Gasteiger partial charge in [0.25, 0.3) is 5.91 Å². The van der Waals surface area contributed by atoms with E-state index < -0.39 is 0 Å². The maximum absolute atomic E-state index is 12.3. The van der Waals surface area contributed by atoms with Crippen LogP contribution in [0.3, 0.4) is 0 Å². The van der Waals surface area contributed by atoms with E-state index in [4.69, 9.17) is 9.15 Å². The Kier molecular flexibility index (Phi) is 6.52. The highest BCUT2D eigenvalue weighted by Gasteiger charge is 2.10. The zero-order valence-corrected chi connectivity index (χ0v) is 16.3. The van der Waals surface area contributed by atoms with E-state index in [1.807, 2.05) is 36.4 Å². The Bertz CT molecular complexity index is 935. The molecule has 3 amide bonds. The molecule has 0 spiro atoms. The minimum absolute atomic E-state index is 0.170. The van der Waals surface area contributed by atoms with Gasteiger partial charge in [-0.3, -0.25) is 4.79 Å². The van der Waals surface area contributed by atoms with Gasteiger partial charge in [-0.15, -0.1) is 0 Å². The molecule has 7 heteroatoms. The van der Waals surface area contributed by atoms with Gasteiger partial charge in [-0.05, 0) is 47.5 Å². The average Bonchev–Trinajstić information content (AvgIpc) is 3.28. The quantitative estimate of drug-likeness (QED) is 0.638. The van der Waals surface area contributed by atoms with Crippen LogP contribution >= 0.6 is 0 Å². The first-order valence-corrected chi connectivity index (χ1v) is 9.11. The number of carbonyl (C=O) groups excluding carboxylic acids is 2. The Morgan fingerprint density at radius 2 is 1.69 bits per heavy atom. The van der Waals surface area contributed by atoms with Crippen LogP contribution in [0.4, 0.5) is 10.5 Å². The van der Waals surface area contributed by atoms with Gasteiger partial charge >= 0.3 is 6.03 Å². The number of urea groups is 1. The van der Waals surface area contributed by atoms with Crippen molar-refractivity contribution in [2.45, 2.75) is 13.1 Å². The number of methoxy groups -OCH3 is 1. The summed E-state index contributed by atoms with van der Waals surface area (Å²) in [5, 5.41) is 5.64. The van der Waals surface area contributed by atoms with Gasteiger partial charge in [0.2, 0.25) is 0 Å². The molecule has 7 nitrogen and oxygen atoms in total. The molecule has 2 N–H and O–H groups in total. The first kappa shape index (κ1) is 20.0. The van der Waals surface area contributed by atoms with Crippen LogP contribution in [-0.4, -0.2) is 31.0 Å². The largest absolute Gasteiger partial charge is 0.497 e. The Morgan fingerprint density at radius 1 is 1.00 bits per heavy atom. The summed E-state index contributed by atoms with van der Waals surface area (Å²) in [4.78, 5) is 25.9. The molecule has 150 valence electrons. The van der Waals surface area contributed by atoms with Crippen molar-refractivity contribution in [2.75, 3.05) is 19.5 Å². The van der Waals surface area contributed by atoms with E-state index in [9.17, 15) is 9.59 Å². The molecule has 0 aliphatic rings. The average molecular weight is 393 g/mol. The van der Waals surface area contributed by atoms with Gasteiger partial charge in [-0.25, -0.2) is 4.79 Å². The van der Waals surface area contributed by atoms with E-state index in [1.54, 1.807) is 43.3 Å². The van der Waals surface area contributed by atoms with Crippen LogP contribution < -0.4 is 15.4 Å². The summed E-state index contributed by atoms with van der Waals surface area (Å²) >= 11 is 0. The lowest BCUT2D eigenvalue weighted by atomic mass is 10.2. The van der Waals surface area contributed by atoms with Crippen molar-refractivity contribution in [2.24, 2.45) is 0 Å². The fourth-order valence-electron chi connectivity index (χ4n) is 2.70. The molecule has 0 saturated carbocycles. The van der Waals surface area contributed by atoms with Crippen LogP contribution in [0, 0.1) is 0 Å². The Hall–Kier alpha value is -3.74. The number of ether oxygens (including phenoxy) is 1. The molecule has 1 heterocycles. The number of amides is 3. The summed E-state index contributed by atoms with van der Waals surface area (Å²) in [5.41, 5.74) is 2.59. The minimum Gasteiger partial charge on any atom is -0.497 e. The van der Waals surface area contributed by atoms with Crippen molar-refractivity contribution in [3.8, 4) is 5.75 Å². The maximum atomic E-state index is 12.3. The Balaban J connectivity index is 1.47. The number of anilines is 1. The van der Waals surface area contributed by atoms with Crippen LogP contribution in [-0.2, 0) is 13.1 Å². The smallest absolute Gasteiger partial charge is 0.317 e. The zero-order chi connectivity index (χ0) is 20.6. The van der Waals surface area contributed by atoms with E-state index in [0.29, 0.717) is 18.8 Å². The number of rotatable bonds is 7. The molecular weight excluding hydrogens is 370 g/mol. The standard InChI is InChI=1S/C22H23N3O4/c1-25(15-17-7-11-19(28-2)12-8-17)22(27)23-14-16-5-9-18(10-6-16)24-21(26)20-4-3-13-29-20/h3-13H,14-15H2,1-2H3,(H,23,27)(H,24,26). The van der Waals surface area contributed by atoms with Crippen LogP contribution in [0.1, 0.15) is 21.7 Å². The maximum Gasteiger partial charge on any atom is 0.317 e. The second-order valence-corrected chi connectivity index (χ2v) is 6.49. The van der Waals surface area contributed by atoms with Gasteiger partial charge < -0.3 is 24.7 Å². The van der Waals surface area contributed by atoms with Crippen molar-refractivity contribution in [3.05, 3.63) is 83.8 Å².